The number of carbonyl (C=O) groups is 2. The molecule has 1 aromatic carbocycles. The summed E-state index contributed by atoms with van der Waals surface area (Å²) < 4.78 is 22.7. The van der Waals surface area contributed by atoms with Crippen LogP contribution in [-0.2, 0) is 4.74 Å². The number of fused-ring (bicyclic) bond motifs is 1. The summed E-state index contributed by atoms with van der Waals surface area (Å²) in [6.45, 7) is 3.60. The smallest absolute Gasteiger partial charge is 0.374 e. The van der Waals surface area contributed by atoms with Gasteiger partial charge in [-0.2, -0.15) is 0 Å². The van der Waals surface area contributed by atoms with Crippen molar-refractivity contribution in [3.63, 3.8) is 0 Å². The third-order valence-electron chi connectivity index (χ3n) is 4.40. The number of esters is 1. The largest absolute Gasteiger partial charge is 0.457 e. The topological polar surface area (TPSA) is 79.9 Å². The molecule has 27 heavy (non-hydrogen) atoms. The molecular weight excluding hydrogens is 350 g/mol. The molecule has 0 radical (unpaired) electrons. The van der Waals surface area contributed by atoms with Gasteiger partial charge in [0.25, 0.3) is 0 Å². The van der Waals surface area contributed by atoms with Crippen LogP contribution in [0.2, 0.25) is 0 Å². The molecule has 3 aromatic rings. The summed E-state index contributed by atoms with van der Waals surface area (Å²) >= 11 is 0. The Bertz CT molecular complexity index is 1020. The first-order valence-electron chi connectivity index (χ1n) is 8.37. The van der Waals surface area contributed by atoms with Crippen LogP contribution < -0.4 is 9.47 Å². The van der Waals surface area contributed by atoms with Crippen LogP contribution in [0.5, 0.6) is 11.5 Å². The summed E-state index contributed by atoms with van der Waals surface area (Å²) in [5.41, 5.74) is 3.00. The van der Waals surface area contributed by atoms with E-state index in [9.17, 15) is 9.59 Å². The summed E-state index contributed by atoms with van der Waals surface area (Å²) in [6.07, 6.45) is 1.37. The molecule has 4 rings (SSSR count). The van der Waals surface area contributed by atoms with E-state index in [2.05, 4.69) is 0 Å². The molecule has 2 aromatic heterocycles. The average Bonchev–Trinajstić information content (AvgIpc) is 3.39. The Balaban J connectivity index is 1.55. The Kier molecular flexibility index (Phi) is 4.19. The molecule has 0 atom stereocenters. The van der Waals surface area contributed by atoms with Crippen LogP contribution in [0.3, 0.4) is 0 Å². The minimum Gasteiger partial charge on any atom is -0.457 e. The lowest BCUT2D eigenvalue weighted by atomic mass is 10.1. The number of rotatable bonds is 5. The molecule has 7 nitrogen and oxygen atoms in total. The molecule has 0 aliphatic carbocycles. The van der Waals surface area contributed by atoms with Gasteiger partial charge in [0.15, 0.2) is 18.1 Å². The van der Waals surface area contributed by atoms with Crippen molar-refractivity contribution in [1.29, 1.82) is 0 Å². The highest BCUT2D eigenvalue weighted by molar-refractivity contribution is 6.00. The number of aromatic nitrogens is 1. The van der Waals surface area contributed by atoms with Gasteiger partial charge in [-0.15, -0.1) is 0 Å². The van der Waals surface area contributed by atoms with E-state index in [1.165, 1.54) is 12.3 Å². The van der Waals surface area contributed by atoms with Crippen LogP contribution in [-0.4, -0.2) is 29.7 Å². The predicted octanol–water partition coefficient (Wildman–Crippen LogP) is 3.46. The van der Waals surface area contributed by atoms with E-state index in [1.54, 1.807) is 12.1 Å². The zero-order valence-corrected chi connectivity index (χ0v) is 14.9. The summed E-state index contributed by atoms with van der Waals surface area (Å²) in [5, 5.41) is 0. The number of carbonyl (C=O) groups excluding carboxylic acids is 2. The Labute approximate surface area is 155 Å². The van der Waals surface area contributed by atoms with Crippen molar-refractivity contribution in [3.05, 3.63) is 65.4 Å². The maximum Gasteiger partial charge on any atom is 0.374 e. The molecule has 0 saturated heterocycles. The first-order valence-corrected chi connectivity index (χ1v) is 8.37. The number of nitrogens with zero attached hydrogens (tertiary/aromatic N) is 1. The number of Topliss-reactive ketones (excluding diaryl/α,β-unsaturated/α-hetero) is 1. The van der Waals surface area contributed by atoms with Crippen molar-refractivity contribution in [3.8, 4) is 17.2 Å². The average molecular weight is 367 g/mol. The molecule has 0 N–H and O–H groups in total. The zero-order chi connectivity index (χ0) is 19.0. The molecule has 0 amide bonds. The first-order chi connectivity index (χ1) is 13.0. The van der Waals surface area contributed by atoms with Crippen LogP contribution in [0.1, 0.15) is 32.3 Å². The molecule has 0 unspecified atom stereocenters. The SMILES string of the molecule is Cc1cc(C(=O)COC(=O)c2ccco2)c(C)n1-c1ccc2c(c1)OCO2. The highest BCUT2D eigenvalue weighted by Crippen LogP contribution is 2.34. The Hall–Kier alpha value is -3.48. The fourth-order valence-corrected chi connectivity index (χ4v) is 3.14. The van der Waals surface area contributed by atoms with E-state index in [0.29, 0.717) is 17.1 Å². The van der Waals surface area contributed by atoms with Gasteiger partial charge in [-0.05, 0) is 44.2 Å². The lowest BCUT2D eigenvalue weighted by Crippen LogP contribution is -2.14. The Morgan fingerprint density at radius 2 is 1.93 bits per heavy atom. The second-order valence-corrected chi connectivity index (χ2v) is 6.13. The van der Waals surface area contributed by atoms with Gasteiger partial charge in [0.1, 0.15) is 0 Å². The maximum absolute atomic E-state index is 12.6. The molecular formula is C20H17NO6. The summed E-state index contributed by atoms with van der Waals surface area (Å²) in [7, 11) is 0. The second-order valence-electron chi connectivity index (χ2n) is 6.13. The van der Waals surface area contributed by atoms with Gasteiger partial charge < -0.3 is 23.2 Å². The van der Waals surface area contributed by atoms with E-state index in [4.69, 9.17) is 18.6 Å². The number of ether oxygens (including phenoxy) is 3. The van der Waals surface area contributed by atoms with Crippen molar-refractivity contribution >= 4 is 11.8 Å². The quantitative estimate of drug-likeness (QED) is 0.508. The first kappa shape index (κ1) is 17.0. The molecule has 0 bridgehead atoms. The summed E-state index contributed by atoms with van der Waals surface area (Å²) in [5.74, 6) is 0.476. The Morgan fingerprint density at radius 3 is 2.70 bits per heavy atom. The third-order valence-corrected chi connectivity index (χ3v) is 4.40. The van der Waals surface area contributed by atoms with Crippen molar-refractivity contribution in [2.75, 3.05) is 13.4 Å². The molecule has 3 heterocycles. The van der Waals surface area contributed by atoms with Gasteiger partial charge in [-0.1, -0.05) is 0 Å². The molecule has 1 aliphatic heterocycles. The number of aryl methyl sites for hydroxylation is 1. The zero-order valence-electron chi connectivity index (χ0n) is 14.9. The monoisotopic (exact) mass is 367 g/mol. The van der Waals surface area contributed by atoms with Gasteiger partial charge in [0.05, 0.1) is 6.26 Å². The minimum atomic E-state index is -0.669. The lowest BCUT2D eigenvalue weighted by Gasteiger charge is -2.10. The van der Waals surface area contributed by atoms with E-state index in [0.717, 1.165) is 17.1 Å². The van der Waals surface area contributed by atoms with Gasteiger partial charge in [0.2, 0.25) is 18.3 Å². The van der Waals surface area contributed by atoms with E-state index < -0.39 is 5.97 Å². The minimum absolute atomic E-state index is 0.0635. The fraction of sp³-hybridized carbons (Fsp3) is 0.200. The van der Waals surface area contributed by atoms with Crippen molar-refractivity contribution < 1.29 is 28.2 Å². The number of benzene rings is 1. The van der Waals surface area contributed by atoms with Crippen molar-refractivity contribution in [2.24, 2.45) is 0 Å². The standard InChI is InChI=1S/C20H17NO6/c1-12-8-15(16(22)10-25-20(23)18-4-3-7-24-18)13(2)21(12)14-5-6-17-19(9-14)27-11-26-17/h3-9H,10-11H2,1-2H3. The molecule has 1 aliphatic rings. The molecule has 0 saturated carbocycles. The normalized spacial score (nSPS) is 12.2. The molecule has 0 fully saturated rings. The number of hydrogen-bond donors (Lipinski definition) is 0. The molecule has 0 spiro atoms. The van der Waals surface area contributed by atoms with Gasteiger partial charge in [0, 0.05) is 28.7 Å². The van der Waals surface area contributed by atoms with Crippen LogP contribution >= 0.6 is 0 Å². The van der Waals surface area contributed by atoms with E-state index in [-0.39, 0.29) is 24.9 Å². The molecule has 138 valence electrons. The van der Waals surface area contributed by atoms with Crippen LogP contribution in [0, 0.1) is 13.8 Å². The number of furan rings is 1. The van der Waals surface area contributed by atoms with Gasteiger partial charge >= 0.3 is 5.97 Å². The molecule has 7 heteroatoms. The number of ketones is 1. The van der Waals surface area contributed by atoms with E-state index >= 15 is 0 Å². The Morgan fingerprint density at radius 1 is 1.11 bits per heavy atom. The van der Waals surface area contributed by atoms with Crippen LogP contribution in [0.25, 0.3) is 5.69 Å². The number of hydrogen-bond acceptors (Lipinski definition) is 6. The van der Waals surface area contributed by atoms with Crippen LogP contribution in [0.4, 0.5) is 0 Å². The van der Waals surface area contributed by atoms with Gasteiger partial charge in [-0.25, -0.2) is 4.79 Å². The van der Waals surface area contributed by atoms with Crippen molar-refractivity contribution in [2.45, 2.75) is 13.8 Å². The van der Waals surface area contributed by atoms with E-state index in [1.807, 2.05) is 36.6 Å². The lowest BCUT2D eigenvalue weighted by molar-refractivity contribution is 0.0444. The maximum atomic E-state index is 12.6. The highest BCUT2D eigenvalue weighted by atomic mass is 16.7. The fourth-order valence-electron chi connectivity index (χ4n) is 3.14. The highest BCUT2D eigenvalue weighted by Gasteiger charge is 2.21. The van der Waals surface area contributed by atoms with Crippen molar-refractivity contribution in [1.82, 2.24) is 4.57 Å². The predicted molar refractivity (Wildman–Crippen MR) is 94.7 cm³/mol. The summed E-state index contributed by atoms with van der Waals surface area (Å²) in [4.78, 5) is 24.4. The van der Waals surface area contributed by atoms with Crippen LogP contribution in [0.15, 0.2) is 47.1 Å². The van der Waals surface area contributed by atoms with Gasteiger partial charge in [-0.3, -0.25) is 4.79 Å². The second kappa shape index (κ2) is 6.68. The summed E-state index contributed by atoms with van der Waals surface area (Å²) in [6, 6.07) is 10.5. The third kappa shape index (κ3) is 3.08.